The lowest BCUT2D eigenvalue weighted by atomic mass is 9.98. The van der Waals surface area contributed by atoms with Gasteiger partial charge in [0.2, 0.25) is 5.91 Å². The average molecular weight is 359 g/mol. The Morgan fingerprint density at radius 2 is 1.96 bits per heavy atom. The van der Waals surface area contributed by atoms with Crippen molar-refractivity contribution in [1.29, 1.82) is 0 Å². The van der Waals surface area contributed by atoms with Gasteiger partial charge in [-0.15, -0.1) is 10.2 Å². The van der Waals surface area contributed by atoms with Gasteiger partial charge in [-0.25, -0.2) is 0 Å². The SMILES string of the molecule is Cc1cccc(-c2nnc(SCC(=O)N3C(C)CCCC3C)n2C)c1. The fraction of sp³-hybridized carbons (Fsp3) is 0.526. The lowest BCUT2D eigenvalue weighted by molar-refractivity contribution is -0.134. The number of nitrogens with zero attached hydrogens (tertiary/aromatic N) is 4. The molecular formula is C19H26N4OS. The third-order valence-electron chi connectivity index (χ3n) is 4.92. The summed E-state index contributed by atoms with van der Waals surface area (Å²) in [4.78, 5) is 14.7. The van der Waals surface area contributed by atoms with Crippen molar-refractivity contribution < 1.29 is 4.79 Å². The minimum atomic E-state index is 0.199. The van der Waals surface area contributed by atoms with Crippen molar-refractivity contribution in [2.45, 2.75) is 57.3 Å². The number of thioether (sulfide) groups is 1. The highest BCUT2D eigenvalue weighted by molar-refractivity contribution is 7.99. The highest BCUT2D eigenvalue weighted by Gasteiger charge is 2.29. The summed E-state index contributed by atoms with van der Waals surface area (Å²) in [6.07, 6.45) is 3.41. The summed E-state index contributed by atoms with van der Waals surface area (Å²) in [5.74, 6) is 1.44. The van der Waals surface area contributed by atoms with Crippen LogP contribution < -0.4 is 0 Å². The van der Waals surface area contributed by atoms with Gasteiger partial charge < -0.3 is 9.47 Å². The van der Waals surface area contributed by atoms with Crippen molar-refractivity contribution in [3.63, 3.8) is 0 Å². The quantitative estimate of drug-likeness (QED) is 0.783. The van der Waals surface area contributed by atoms with Gasteiger partial charge >= 0.3 is 0 Å². The summed E-state index contributed by atoms with van der Waals surface area (Å²) in [5, 5.41) is 9.38. The van der Waals surface area contributed by atoms with Crippen LogP contribution in [0.25, 0.3) is 11.4 Å². The second kappa shape index (κ2) is 7.60. The first kappa shape index (κ1) is 18.0. The topological polar surface area (TPSA) is 51.0 Å². The molecule has 0 aliphatic carbocycles. The van der Waals surface area contributed by atoms with Crippen molar-refractivity contribution >= 4 is 17.7 Å². The smallest absolute Gasteiger partial charge is 0.233 e. The molecule has 0 spiro atoms. The molecule has 1 fully saturated rings. The molecule has 134 valence electrons. The van der Waals surface area contributed by atoms with E-state index in [9.17, 15) is 4.79 Å². The molecule has 1 aromatic carbocycles. The van der Waals surface area contributed by atoms with Crippen molar-refractivity contribution in [2.24, 2.45) is 7.05 Å². The van der Waals surface area contributed by atoms with E-state index >= 15 is 0 Å². The number of aromatic nitrogens is 3. The maximum Gasteiger partial charge on any atom is 0.233 e. The molecule has 1 aromatic heterocycles. The summed E-state index contributed by atoms with van der Waals surface area (Å²) in [6, 6.07) is 8.89. The summed E-state index contributed by atoms with van der Waals surface area (Å²) in [6.45, 7) is 6.36. The molecule has 5 nitrogen and oxygen atoms in total. The predicted molar refractivity (Wildman–Crippen MR) is 102 cm³/mol. The van der Waals surface area contributed by atoms with Crippen LogP contribution in [0.2, 0.25) is 0 Å². The number of likely N-dealkylation sites (tertiary alicyclic amines) is 1. The van der Waals surface area contributed by atoms with E-state index in [1.807, 2.05) is 28.6 Å². The van der Waals surface area contributed by atoms with E-state index in [-0.39, 0.29) is 5.91 Å². The van der Waals surface area contributed by atoms with Crippen molar-refractivity contribution in [1.82, 2.24) is 19.7 Å². The minimum Gasteiger partial charge on any atom is -0.337 e. The molecule has 1 saturated heterocycles. The zero-order valence-corrected chi connectivity index (χ0v) is 16.2. The Morgan fingerprint density at radius 3 is 2.64 bits per heavy atom. The van der Waals surface area contributed by atoms with Crippen LogP contribution in [0.5, 0.6) is 0 Å². The number of amides is 1. The molecule has 1 aliphatic heterocycles. The molecule has 2 atom stereocenters. The molecule has 0 saturated carbocycles. The van der Waals surface area contributed by atoms with Crippen LogP contribution in [0.4, 0.5) is 0 Å². The highest BCUT2D eigenvalue weighted by atomic mass is 32.2. The molecule has 1 amide bonds. The maximum absolute atomic E-state index is 12.7. The molecule has 2 heterocycles. The molecule has 0 radical (unpaired) electrons. The molecule has 2 aromatic rings. The van der Waals surface area contributed by atoms with Crippen LogP contribution in [0.15, 0.2) is 29.4 Å². The summed E-state index contributed by atoms with van der Waals surface area (Å²) < 4.78 is 1.97. The number of hydrogen-bond acceptors (Lipinski definition) is 4. The number of carbonyl (C=O) groups excluding carboxylic acids is 1. The highest BCUT2D eigenvalue weighted by Crippen LogP contribution is 2.26. The normalized spacial score (nSPS) is 20.7. The monoisotopic (exact) mass is 358 g/mol. The minimum absolute atomic E-state index is 0.199. The van der Waals surface area contributed by atoms with Gasteiger partial charge in [-0.05, 0) is 46.1 Å². The second-order valence-corrected chi connectivity index (χ2v) is 7.90. The van der Waals surface area contributed by atoms with Gasteiger partial charge in [0.15, 0.2) is 11.0 Å². The van der Waals surface area contributed by atoms with Crippen LogP contribution in [-0.2, 0) is 11.8 Å². The van der Waals surface area contributed by atoms with Crippen molar-refractivity contribution in [2.75, 3.05) is 5.75 Å². The van der Waals surface area contributed by atoms with E-state index < -0.39 is 0 Å². The van der Waals surface area contributed by atoms with Crippen LogP contribution in [0.1, 0.15) is 38.7 Å². The lowest BCUT2D eigenvalue weighted by Gasteiger charge is -2.39. The van der Waals surface area contributed by atoms with Gasteiger partial charge in [0.25, 0.3) is 0 Å². The first-order valence-corrected chi connectivity index (χ1v) is 9.86. The van der Waals surface area contributed by atoms with E-state index in [4.69, 9.17) is 0 Å². The van der Waals surface area contributed by atoms with Crippen LogP contribution in [0.3, 0.4) is 0 Å². The zero-order valence-electron chi connectivity index (χ0n) is 15.4. The summed E-state index contributed by atoms with van der Waals surface area (Å²) in [5.41, 5.74) is 2.24. The van der Waals surface area contributed by atoms with Crippen LogP contribution in [0, 0.1) is 6.92 Å². The lowest BCUT2D eigenvalue weighted by Crippen LogP contribution is -2.48. The van der Waals surface area contributed by atoms with Crippen molar-refractivity contribution in [3.05, 3.63) is 29.8 Å². The Balaban J connectivity index is 1.69. The Hall–Kier alpha value is -1.82. The Morgan fingerprint density at radius 1 is 1.24 bits per heavy atom. The number of aryl methyl sites for hydroxylation is 1. The predicted octanol–water partition coefficient (Wildman–Crippen LogP) is 3.67. The Labute approximate surface area is 153 Å². The Bertz CT molecular complexity index is 748. The molecule has 6 heteroatoms. The number of rotatable bonds is 4. The number of piperidine rings is 1. The number of carbonyl (C=O) groups is 1. The standard InChI is InChI=1S/C19H26N4OS/c1-13-7-5-10-16(11-13)18-20-21-19(22(18)4)25-12-17(24)23-14(2)8-6-9-15(23)3/h5,7,10-11,14-15H,6,8-9,12H2,1-4H3. The first-order valence-electron chi connectivity index (χ1n) is 8.87. The van der Waals surface area contributed by atoms with Gasteiger partial charge in [-0.1, -0.05) is 35.5 Å². The molecule has 3 rings (SSSR count). The largest absolute Gasteiger partial charge is 0.337 e. The molecule has 0 N–H and O–H groups in total. The molecule has 0 bridgehead atoms. The van der Waals surface area contributed by atoms with Gasteiger partial charge in [-0.3, -0.25) is 4.79 Å². The third kappa shape index (κ3) is 3.89. The molecular weight excluding hydrogens is 332 g/mol. The number of benzene rings is 1. The summed E-state index contributed by atoms with van der Waals surface area (Å²) >= 11 is 1.47. The van der Waals surface area contributed by atoms with Crippen LogP contribution >= 0.6 is 11.8 Å². The Kier molecular flexibility index (Phi) is 5.47. The van der Waals surface area contributed by atoms with E-state index in [1.54, 1.807) is 0 Å². The fourth-order valence-corrected chi connectivity index (χ4v) is 4.37. The van der Waals surface area contributed by atoms with E-state index in [2.05, 4.69) is 43.1 Å². The van der Waals surface area contributed by atoms with Gasteiger partial charge in [0.1, 0.15) is 0 Å². The maximum atomic E-state index is 12.7. The van der Waals surface area contributed by atoms with E-state index in [1.165, 1.54) is 23.7 Å². The van der Waals surface area contributed by atoms with Gasteiger partial charge in [0, 0.05) is 24.7 Å². The summed E-state index contributed by atoms with van der Waals surface area (Å²) in [7, 11) is 1.95. The van der Waals surface area contributed by atoms with Gasteiger partial charge in [-0.2, -0.15) is 0 Å². The molecule has 1 aliphatic rings. The fourth-order valence-electron chi connectivity index (χ4n) is 3.59. The van der Waals surface area contributed by atoms with E-state index in [0.717, 1.165) is 29.4 Å². The van der Waals surface area contributed by atoms with Crippen molar-refractivity contribution in [3.8, 4) is 11.4 Å². The zero-order chi connectivity index (χ0) is 18.0. The molecule has 2 unspecified atom stereocenters. The van der Waals surface area contributed by atoms with Gasteiger partial charge in [0.05, 0.1) is 5.75 Å². The second-order valence-electron chi connectivity index (χ2n) is 6.95. The average Bonchev–Trinajstić information content (AvgIpc) is 2.93. The third-order valence-corrected chi connectivity index (χ3v) is 5.92. The van der Waals surface area contributed by atoms with Crippen LogP contribution in [-0.4, -0.2) is 43.4 Å². The number of hydrogen-bond donors (Lipinski definition) is 0. The molecule has 25 heavy (non-hydrogen) atoms. The first-order chi connectivity index (χ1) is 12.0. The van der Waals surface area contributed by atoms with E-state index in [0.29, 0.717) is 17.8 Å².